The Bertz CT molecular complexity index is 462. The summed E-state index contributed by atoms with van der Waals surface area (Å²) in [5.74, 6) is -0.543. The van der Waals surface area contributed by atoms with Crippen molar-refractivity contribution in [3.63, 3.8) is 0 Å². The van der Waals surface area contributed by atoms with Crippen molar-refractivity contribution in [3.8, 4) is 11.5 Å². The number of carboxylic acid groups (broad SMARTS) is 1. The van der Waals surface area contributed by atoms with Crippen LogP contribution in [-0.2, 0) is 4.79 Å². The summed E-state index contributed by atoms with van der Waals surface area (Å²) in [6.07, 6.45) is 2.68. The van der Waals surface area contributed by atoms with Gasteiger partial charge in [-0.05, 0) is 18.2 Å². The maximum atomic E-state index is 10.9. The lowest BCUT2D eigenvalue weighted by atomic mass is 10.1. The molecule has 0 saturated heterocycles. The molecule has 1 rings (SSSR count). The van der Waals surface area contributed by atoms with E-state index in [9.17, 15) is 14.7 Å². The van der Waals surface area contributed by atoms with Gasteiger partial charge in [0.1, 0.15) is 11.5 Å². The molecule has 0 amide bonds. The molecule has 17 heavy (non-hydrogen) atoms. The average molecular weight is 235 g/mol. The van der Waals surface area contributed by atoms with Crippen molar-refractivity contribution in [1.82, 2.24) is 0 Å². The fourth-order valence-corrected chi connectivity index (χ4v) is 1.34. The zero-order valence-corrected chi connectivity index (χ0v) is 9.43. The molecule has 0 unspecified atom stereocenters. The molecule has 0 aromatic heterocycles. The van der Waals surface area contributed by atoms with Crippen LogP contribution in [0.3, 0.4) is 0 Å². The fourth-order valence-electron chi connectivity index (χ4n) is 1.34. The molecule has 5 nitrogen and oxygen atoms in total. The van der Waals surface area contributed by atoms with Crippen LogP contribution in [0, 0.1) is 0 Å². The third-order valence-corrected chi connectivity index (χ3v) is 2.12. The molecule has 0 saturated carbocycles. The molecule has 0 atom stereocenters. The van der Waals surface area contributed by atoms with E-state index in [1.807, 2.05) is 0 Å². The molecule has 0 fully saturated rings. The molecule has 0 aliphatic heterocycles. The Hall–Kier alpha value is -2.30. The predicted molar refractivity (Wildman–Crippen MR) is 59.0 cm³/mol. The zero-order chi connectivity index (χ0) is 12.8. The van der Waals surface area contributed by atoms with Crippen molar-refractivity contribution in [2.75, 3.05) is 14.2 Å². The van der Waals surface area contributed by atoms with Gasteiger partial charge in [-0.3, -0.25) is 4.79 Å². The van der Waals surface area contributed by atoms with Crippen LogP contribution in [0.15, 0.2) is 18.2 Å². The Kier molecular flexibility index (Phi) is 4.28. The second kappa shape index (κ2) is 5.69. The highest BCUT2D eigenvalue weighted by Gasteiger charge is 2.09. The molecular formula is C12H11O5-. The molecule has 5 heteroatoms. The Morgan fingerprint density at radius 3 is 2.47 bits per heavy atom. The van der Waals surface area contributed by atoms with Gasteiger partial charge in [-0.15, -0.1) is 0 Å². The summed E-state index contributed by atoms with van der Waals surface area (Å²) in [7, 11) is 2.87. The largest absolute Gasteiger partial charge is 0.545 e. The molecule has 0 radical (unpaired) electrons. The Labute approximate surface area is 98.3 Å². The highest BCUT2D eigenvalue weighted by molar-refractivity contribution is 5.90. The van der Waals surface area contributed by atoms with Crippen LogP contribution in [0.2, 0.25) is 0 Å². The number of carboxylic acids is 1. The van der Waals surface area contributed by atoms with Crippen LogP contribution >= 0.6 is 0 Å². The minimum Gasteiger partial charge on any atom is -0.545 e. The van der Waals surface area contributed by atoms with E-state index in [2.05, 4.69) is 0 Å². The lowest BCUT2D eigenvalue weighted by Gasteiger charge is -2.10. The van der Waals surface area contributed by atoms with E-state index in [4.69, 9.17) is 9.47 Å². The third kappa shape index (κ3) is 3.07. The van der Waals surface area contributed by atoms with Crippen molar-refractivity contribution < 1.29 is 24.2 Å². The fraction of sp³-hybridized carbons (Fsp3) is 0.167. The van der Waals surface area contributed by atoms with Crippen LogP contribution < -0.4 is 14.6 Å². The maximum absolute atomic E-state index is 10.9. The van der Waals surface area contributed by atoms with Crippen LogP contribution in [-0.4, -0.2) is 26.5 Å². The summed E-state index contributed by atoms with van der Waals surface area (Å²) >= 11 is 0. The van der Waals surface area contributed by atoms with Gasteiger partial charge in [-0.2, -0.15) is 0 Å². The van der Waals surface area contributed by atoms with E-state index >= 15 is 0 Å². The van der Waals surface area contributed by atoms with E-state index in [0.717, 1.165) is 6.08 Å². The standard InChI is InChI=1S/C12H12O5/c1-16-9-5-8(7-13)10(3-4-12(14)15)11(6-9)17-2/h3-7H,1-2H3,(H,14,15)/p-1/b4-3+. The van der Waals surface area contributed by atoms with Crippen LogP contribution in [0.25, 0.3) is 6.08 Å². The first-order valence-corrected chi connectivity index (χ1v) is 4.72. The van der Waals surface area contributed by atoms with Crippen molar-refractivity contribution in [2.45, 2.75) is 0 Å². The van der Waals surface area contributed by atoms with Crippen LogP contribution in [0.4, 0.5) is 0 Å². The van der Waals surface area contributed by atoms with Crippen molar-refractivity contribution in [3.05, 3.63) is 29.3 Å². The lowest BCUT2D eigenvalue weighted by Crippen LogP contribution is -2.18. The zero-order valence-electron chi connectivity index (χ0n) is 9.43. The summed E-state index contributed by atoms with van der Waals surface area (Å²) in [6.45, 7) is 0. The number of rotatable bonds is 5. The maximum Gasteiger partial charge on any atom is 0.150 e. The highest BCUT2D eigenvalue weighted by Crippen LogP contribution is 2.28. The number of benzene rings is 1. The minimum atomic E-state index is -1.35. The van der Waals surface area contributed by atoms with Crippen LogP contribution in [0.5, 0.6) is 11.5 Å². The summed E-state index contributed by atoms with van der Waals surface area (Å²) in [6, 6.07) is 3.05. The molecule has 0 N–H and O–H groups in total. The van der Waals surface area contributed by atoms with Gasteiger partial charge in [-0.25, -0.2) is 0 Å². The van der Waals surface area contributed by atoms with Crippen molar-refractivity contribution in [1.29, 1.82) is 0 Å². The SMILES string of the molecule is COc1cc(C=O)c(/C=C/C(=O)[O-])c(OC)c1. The van der Waals surface area contributed by atoms with Gasteiger partial charge in [0.2, 0.25) is 0 Å². The predicted octanol–water partition coefficient (Wildman–Crippen LogP) is 0.279. The molecule has 90 valence electrons. The molecular weight excluding hydrogens is 224 g/mol. The van der Waals surface area contributed by atoms with Crippen molar-refractivity contribution in [2.24, 2.45) is 0 Å². The summed E-state index contributed by atoms with van der Waals surface area (Å²) in [5, 5.41) is 10.3. The van der Waals surface area contributed by atoms with Gasteiger partial charge in [-0.1, -0.05) is 0 Å². The number of hydrogen-bond acceptors (Lipinski definition) is 5. The first-order chi connectivity index (χ1) is 8.12. The van der Waals surface area contributed by atoms with Gasteiger partial charge in [0, 0.05) is 17.2 Å². The first-order valence-electron chi connectivity index (χ1n) is 4.72. The summed E-state index contributed by atoms with van der Waals surface area (Å²) < 4.78 is 10.0. The quantitative estimate of drug-likeness (QED) is 0.541. The number of hydrogen-bond donors (Lipinski definition) is 0. The van der Waals surface area contributed by atoms with E-state index < -0.39 is 5.97 Å². The smallest absolute Gasteiger partial charge is 0.150 e. The minimum absolute atomic E-state index is 0.277. The molecule has 0 aliphatic rings. The van der Waals surface area contributed by atoms with Gasteiger partial charge < -0.3 is 19.4 Å². The van der Waals surface area contributed by atoms with Gasteiger partial charge >= 0.3 is 0 Å². The van der Waals surface area contributed by atoms with Gasteiger partial charge in [0.15, 0.2) is 6.29 Å². The Morgan fingerprint density at radius 2 is 2.00 bits per heavy atom. The first kappa shape index (κ1) is 12.8. The van der Waals surface area contributed by atoms with Crippen molar-refractivity contribution >= 4 is 18.3 Å². The number of carbonyl (C=O) groups is 2. The normalized spacial score (nSPS) is 10.2. The highest BCUT2D eigenvalue weighted by atomic mass is 16.5. The molecule has 0 aliphatic carbocycles. The molecule has 1 aromatic carbocycles. The second-order valence-corrected chi connectivity index (χ2v) is 3.10. The van der Waals surface area contributed by atoms with E-state index in [1.165, 1.54) is 26.4 Å². The number of methoxy groups -OCH3 is 2. The van der Waals surface area contributed by atoms with E-state index in [1.54, 1.807) is 6.07 Å². The molecule has 0 heterocycles. The second-order valence-electron chi connectivity index (χ2n) is 3.10. The van der Waals surface area contributed by atoms with Crippen LogP contribution in [0.1, 0.15) is 15.9 Å². The van der Waals surface area contributed by atoms with Gasteiger partial charge in [0.05, 0.1) is 20.2 Å². The summed E-state index contributed by atoms with van der Waals surface area (Å²) in [4.78, 5) is 21.2. The molecule has 0 spiro atoms. The Balaban J connectivity index is 3.34. The topological polar surface area (TPSA) is 75.7 Å². The molecule has 0 bridgehead atoms. The van der Waals surface area contributed by atoms with E-state index in [-0.39, 0.29) is 5.56 Å². The third-order valence-electron chi connectivity index (χ3n) is 2.12. The Morgan fingerprint density at radius 1 is 1.29 bits per heavy atom. The number of aldehydes is 1. The molecule has 1 aromatic rings. The summed E-state index contributed by atoms with van der Waals surface area (Å²) in [5.41, 5.74) is 0.645. The number of ether oxygens (including phenoxy) is 2. The lowest BCUT2D eigenvalue weighted by molar-refractivity contribution is -0.297. The number of carbonyl (C=O) groups excluding carboxylic acids is 2. The average Bonchev–Trinajstić information content (AvgIpc) is 2.34. The van der Waals surface area contributed by atoms with E-state index in [0.29, 0.717) is 23.3 Å². The monoisotopic (exact) mass is 235 g/mol. The van der Waals surface area contributed by atoms with Gasteiger partial charge in [0.25, 0.3) is 0 Å². The number of aliphatic carboxylic acids is 1.